The summed E-state index contributed by atoms with van der Waals surface area (Å²) in [5, 5.41) is 0. The van der Waals surface area contributed by atoms with Crippen LogP contribution in [0.25, 0.3) is 0 Å². The molecule has 1 N–H and O–H groups in total. The fourth-order valence-corrected chi connectivity index (χ4v) is 3.60. The summed E-state index contributed by atoms with van der Waals surface area (Å²) < 4.78 is 27.6. The number of phosphoric ester groups is 1. The Morgan fingerprint density at radius 1 is 1.33 bits per heavy atom. The molecule has 0 amide bonds. The Morgan fingerprint density at radius 3 is 2.56 bits per heavy atom. The zero-order chi connectivity index (χ0) is 13.2. The topological polar surface area (TPSA) is 65.0 Å². The van der Waals surface area contributed by atoms with Crippen LogP contribution < -0.4 is 0 Å². The van der Waals surface area contributed by atoms with Crippen molar-refractivity contribution in [3.05, 3.63) is 0 Å². The van der Waals surface area contributed by atoms with Crippen molar-refractivity contribution in [3.63, 3.8) is 0 Å². The van der Waals surface area contributed by atoms with Crippen LogP contribution in [-0.4, -0.2) is 29.8 Å². The zero-order valence-corrected chi connectivity index (χ0v) is 12.0. The van der Waals surface area contributed by atoms with E-state index in [-0.39, 0.29) is 24.9 Å². The molecule has 2 aliphatic rings. The molecule has 0 bridgehead atoms. The molecule has 0 aromatic carbocycles. The van der Waals surface area contributed by atoms with Gasteiger partial charge < -0.3 is 9.63 Å². The van der Waals surface area contributed by atoms with Crippen molar-refractivity contribution in [1.82, 2.24) is 0 Å². The lowest BCUT2D eigenvalue weighted by Gasteiger charge is -2.18. The van der Waals surface area contributed by atoms with Crippen LogP contribution in [-0.2, 0) is 18.3 Å². The maximum atomic E-state index is 11.7. The second kappa shape index (κ2) is 6.02. The van der Waals surface area contributed by atoms with Gasteiger partial charge in [-0.2, -0.15) is 0 Å². The normalized spacial score (nSPS) is 36.9. The van der Waals surface area contributed by atoms with Crippen LogP contribution >= 0.6 is 7.82 Å². The Balaban J connectivity index is 1.73. The molecule has 0 aromatic heterocycles. The smallest absolute Gasteiger partial charge is 0.373 e. The monoisotopic (exact) mass is 278 g/mol. The number of phosphoric acid groups is 1. The molecule has 106 valence electrons. The predicted molar refractivity (Wildman–Crippen MR) is 67.2 cm³/mol. The van der Waals surface area contributed by atoms with E-state index >= 15 is 0 Å². The van der Waals surface area contributed by atoms with Crippen molar-refractivity contribution in [2.75, 3.05) is 6.61 Å². The lowest BCUT2D eigenvalue weighted by molar-refractivity contribution is 0.00717. The van der Waals surface area contributed by atoms with E-state index in [1.807, 2.05) is 6.92 Å². The van der Waals surface area contributed by atoms with Gasteiger partial charge in [0.15, 0.2) is 0 Å². The predicted octanol–water partition coefficient (Wildman–Crippen LogP) is 2.88. The quantitative estimate of drug-likeness (QED) is 0.783. The Bertz CT molecular complexity index is 306. The van der Waals surface area contributed by atoms with E-state index in [4.69, 9.17) is 13.8 Å². The molecule has 5 nitrogen and oxygen atoms in total. The molecule has 1 heterocycles. The van der Waals surface area contributed by atoms with Gasteiger partial charge >= 0.3 is 7.82 Å². The molecule has 1 aliphatic heterocycles. The Morgan fingerprint density at radius 2 is 2.00 bits per heavy atom. The van der Waals surface area contributed by atoms with Gasteiger partial charge in [-0.3, -0.25) is 9.05 Å². The molecule has 1 saturated carbocycles. The lowest BCUT2D eigenvalue weighted by atomic mass is 10.0. The summed E-state index contributed by atoms with van der Waals surface area (Å²) in [6, 6.07) is 0. The molecule has 0 radical (unpaired) electrons. The molecule has 2 rings (SSSR count). The third kappa shape index (κ3) is 4.04. The highest BCUT2D eigenvalue weighted by molar-refractivity contribution is 7.47. The van der Waals surface area contributed by atoms with Crippen molar-refractivity contribution in [2.24, 2.45) is 5.92 Å². The van der Waals surface area contributed by atoms with Gasteiger partial charge in [0.05, 0.1) is 24.9 Å². The van der Waals surface area contributed by atoms with E-state index in [2.05, 4.69) is 6.92 Å². The Labute approximate surface area is 108 Å². The molecule has 18 heavy (non-hydrogen) atoms. The minimum atomic E-state index is -3.91. The Hall–Kier alpha value is 0.0700. The largest absolute Gasteiger partial charge is 0.472 e. The zero-order valence-electron chi connectivity index (χ0n) is 11.1. The van der Waals surface area contributed by atoms with Gasteiger partial charge in [0.25, 0.3) is 0 Å². The van der Waals surface area contributed by atoms with E-state index in [1.165, 1.54) is 0 Å². The molecule has 1 aliphatic carbocycles. The molecule has 0 aromatic rings. The summed E-state index contributed by atoms with van der Waals surface area (Å²) in [6.45, 7) is 4.26. The van der Waals surface area contributed by atoms with Gasteiger partial charge in [0.1, 0.15) is 0 Å². The van der Waals surface area contributed by atoms with Gasteiger partial charge in [-0.05, 0) is 32.1 Å². The molecule has 2 fully saturated rings. The lowest BCUT2D eigenvalue weighted by Crippen LogP contribution is -2.16. The standard InChI is InChI=1S/C12H23O5P/c1-9-7-12(16-10(9)2)8-15-18(13,14)17-11-5-3-4-6-11/h9-12H,3-8H2,1-2H3,(H,13,14). The molecular weight excluding hydrogens is 255 g/mol. The number of hydrogen-bond acceptors (Lipinski definition) is 4. The maximum absolute atomic E-state index is 11.7. The van der Waals surface area contributed by atoms with Gasteiger partial charge in [0.2, 0.25) is 0 Å². The highest BCUT2D eigenvalue weighted by atomic mass is 31.2. The highest BCUT2D eigenvalue weighted by Gasteiger charge is 2.33. The molecule has 1 saturated heterocycles. The summed E-state index contributed by atoms with van der Waals surface area (Å²) in [5.41, 5.74) is 0. The second-order valence-electron chi connectivity index (χ2n) is 5.45. The molecule has 0 spiro atoms. The summed E-state index contributed by atoms with van der Waals surface area (Å²) in [7, 11) is -3.91. The van der Waals surface area contributed by atoms with Crippen LogP contribution in [0.15, 0.2) is 0 Å². The van der Waals surface area contributed by atoms with E-state index in [9.17, 15) is 9.46 Å². The summed E-state index contributed by atoms with van der Waals surface area (Å²) in [6.07, 6.45) is 4.66. The Kier molecular flexibility index (Phi) is 4.84. The van der Waals surface area contributed by atoms with Gasteiger partial charge in [-0.25, -0.2) is 4.57 Å². The second-order valence-corrected chi connectivity index (χ2v) is 6.86. The minimum absolute atomic E-state index is 0.0948. The number of rotatable bonds is 5. The highest BCUT2D eigenvalue weighted by Crippen LogP contribution is 2.47. The first kappa shape index (κ1) is 14.5. The first-order valence-electron chi connectivity index (χ1n) is 6.77. The summed E-state index contributed by atoms with van der Waals surface area (Å²) in [4.78, 5) is 9.62. The van der Waals surface area contributed by atoms with E-state index in [0.717, 1.165) is 32.1 Å². The number of ether oxygens (including phenoxy) is 1. The van der Waals surface area contributed by atoms with Crippen molar-refractivity contribution in [1.29, 1.82) is 0 Å². The van der Waals surface area contributed by atoms with Crippen molar-refractivity contribution < 1.29 is 23.2 Å². The SMILES string of the molecule is CC1CC(COP(=O)(O)OC2CCCC2)OC1C. The van der Waals surface area contributed by atoms with Crippen LogP contribution in [0.1, 0.15) is 46.0 Å². The average Bonchev–Trinajstić information content (AvgIpc) is 2.87. The molecule has 4 unspecified atom stereocenters. The maximum Gasteiger partial charge on any atom is 0.472 e. The van der Waals surface area contributed by atoms with Crippen molar-refractivity contribution >= 4 is 7.82 Å². The van der Waals surface area contributed by atoms with E-state index < -0.39 is 7.82 Å². The van der Waals surface area contributed by atoms with Crippen LogP contribution in [0.4, 0.5) is 0 Å². The third-order valence-electron chi connectivity index (χ3n) is 3.85. The van der Waals surface area contributed by atoms with Gasteiger partial charge in [0, 0.05) is 0 Å². The van der Waals surface area contributed by atoms with Crippen LogP contribution in [0.2, 0.25) is 0 Å². The van der Waals surface area contributed by atoms with Crippen molar-refractivity contribution in [3.8, 4) is 0 Å². The molecule has 4 atom stereocenters. The first-order valence-corrected chi connectivity index (χ1v) is 8.27. The number of hydrogen-bond donors (Lipinski definition) is 1. The van der Waals surface area contributed by atoms with Gasteiger partial charge in [-0.1, -0.05) is 19.8 Å². The summed E-state index contributed by atoms with van der Waals surface area (Å²) in [5.74, 6) is 0.465. The fraction of sp³-hybridized carbons (Fsp3) is 1.00. The van der Waals surface area contributed by atoms with Crippen LogP contribution in [0.3, 0.4) is 0 Å². The minimum Gasteiger partial charge on any atom is -0.373 e. The third-order valence-corrected chi connectivity index (χ3v) is 4.89. The van der Waals surface area contributed by atoms with Crippen LogP contribution in [0, 0.1) is 5.92 Å². The molecular formula is C12H23O5P. The summed E-state index contributed by atoms with van der Waals surface area (Å²) >= 11 is 0. The van der Waals surface area contributed by atoms with Crippen molar-refractivity contribution in [2.45, 2.75) is 64.3 Å². The average molecular weight is 278 g/mol. The fourth-order valence-electron chi connectivity index (χ4n) is 2.60. The molecule has 6 heteroatoms. The van der Waals surface area contributed by atoms with E-state index in [1.54, 1.807) is 0 Å². The van der Waals surface area contributed by atoms with E-state index in [0.29, 0.717) is 5.92 Å². The van der Waals surface area contributed by atoms with Gasteiger partial charge in [-0.15, -0.1) is 0 Å². The van der Waals surface area contributed by atoms with Crippen LogP contribution in [0.5, 0.6) is 0 Å². The first-order chi connectivity index (χ1) is 8.46.